The van der Waals surface area contributed by atoms with Gasteiger partial charge in [0.15, 0.2) is 0 Å². The number of methoxy groups -OCH3 is 1. The predicted octanol–water partition coefficient (Wildman–Crippen LogP) is 3.59. The number of aromatic nitrogens is 2. The Morgan fingerprint density at radius 1 is 1.19 bits per heavy atom. The average Bonchev–Trinajstić information content (AvgIpc) is 2.97. The van der Waals surface area contributed by atoms with Crippen LogP contribution in [0.4, 0.5) is 5.95 Å². The van der Waals surface area contributed by atoms with Crippen LogP contribution in [0.15, 0.2) is 36.5 Å². The molecule has 0 unspecified atom stereocenters. The summed E-state index contributed by atoms with van der Waals surface area (Å²) in [7, 11) is 1.66. The van der Waals surface area contributed by atoms with Crippen molar-refractivity contribution in [2.75, 3.05) is 19.0 Å². The summed E-state index contributed by atoms with van der Waals surface area (Å²) >= 11 is 0. The second kappa shape index (κ2) is 9.90. The van der Waals surface area contributed by atoms with Crippen LogP contribution < -0.4 is 15.4 Å². The smallest absolute Gasteiger partial charge is 0.270 e. The van der Waals surface area contributed by atoms with Crippen LogP contribution in [0.25, 0.3) is 0 Å². The lowest BCUT2D eigenvalue weighted by Gasteiger charge is -2.16. The van der Waals surface area contributed by atoms with Gasteiger partial charge in [0.1, 0.15) is 11.4 Å². The van der Waals surface area contributed by atoms with Gasteiger partial charge in [0.05, 0.1) is 7.11 Å². The minimum Gasteiger partial charge on any atom is -0.497 e. The highest BCUT2D eigenvalue weighted by molar-refractivity contribution is 5.92. The fraction of sp³-hybridized carbons (Fsp3) is 0.476. The lowest BCUT2D eigenvalue weighted by atomic mass is 10.1. The average molecular weight is 368 g/mol. The molecule has 0 atom stereocenters. The van der Waals surface area contributed by atoms with Crippen molar-refractivity contribution in [2.45, 2.75) is 51.0 Å². The Morgan fingerprint density at radius 2 is 2.00 bits per heavy atom. The molecule has 1 amide bonds. The molecule has 6 nitrogen and oxygen atoms in total. The first-order valence-electron chi connectivity index (χ1n) is 9.75. The van der Waals surface area contributed by atoms with Crippen LogP contribution in [0, 0.1) is 0 Å². The van der Waals surface area contributed by atoms with Gasteiger partial charge in [0, 0.05) is 18.8 Å². The first kappa shape index (κ1) is 19.1. The van der Waals surface area contributed by atoms with Gasteiger partial charge in [-0.1, -0.05) is 37.8 Å². The number of nitrogens with one attached hydrogen (secondary N) is 2. The number of hydrogen-bond donors (Lipinski definition) is 2. The highest BCUT2D eigenvalue weighted by Crippen LogP contribution is 2.17. The molecule has 1 heterocycles. The molecule has 3 rings (SSSR count). The molecule has 2 aromatic rings. The SMILES string of the molecule is COc1cccc(CCNc2nccc(C(=O)NC3CCCCCC3)n2)c1. The van der Waals surface area contributed by atoms with Gasteiger partial charge in [-0.2, -0.15) is 0 Å². The van der Waals surface area contributed by atoms with E-state index in [4.69, 9.17) is 4.74 Å². The number of nitrogens with zero attached hydrogens (tertiary/aromatic N) is 2. The zero-order valence-corrected chi connectivity index (χ0v) is 15.9. The molecule has 0 radical (unpaired) electrons. The van der Waals surface area contributed by atoms with Crippen molar-refractivity contribution in [3.63, 3.8) is 0 Å². The molecule has 0 saturated heterocycles. The maximum Gasteiger partial charge on any atom is 0.270 e. The second-order valence-electron chi connectivity index (χ2n) is 6.96. The number of amides is 1. The fourth-order valence-electron chi connectivity index (χ4n) is 3.40. The topological polar surface area (TPSA) is 76.1 Å². The largest absolute Gasteiger partial charge is 0.497 e. The van der Waals surface area contributed by atoms with E-state index in [9.17, 15) is 4.79 Å². The summed E-state index contributed by atoms with van der Waals surface area (Å²) in [6.07, 6.45) is 9.47. The third-order valence-electron chi connectivity index (χ3n) is 4.91. The van der Waals surface area contributed by atoms with E-state index in [1.165, 1.54) is 31.2 Å². The van der Waals surface area contributed by atoms with Crippen LogP contribution in [-0.2, 0) is 6.42 Å². The van der Waals surface area contributed by atoms with Crippen LogP contribution in [0.2, 0.25) is 0 Å². The molecule has 1 saturated carbocycles. The molecule has 1 aromatic carbocycles. The highest BCUT2D eigenvalue weighted by atomic mass is 16.5. The maximum absolute atomic E-state index is 12.5. The molecule has 1 fully saturated rings. The molecule has 1 aromatic heterocycles. The van der Waals surface area contributed by atoms with Crippen LogP contribution in [0.3, 0.4) is 0 Å². The number of carbonyl (C=O) groups excluding carboxylic acids is 1. The van der Waals surface area contributed by atoms with Gasteiger partial charge in [-0.15, -0.1) is 0 Å². The van der Waals surface area contributed by atoms with Crippen molar-refractivity contribution in [1.29, 1.82) is 0 Å². The first-order valence-corrected chi connectivity index (χ1v) is 9.75. The van der Waals surface area contributed by atoms with E-state index in [0.29, 0.717) is 18.2 Å². The molecule has 0 aliphatic heterocycles. The van der Waals surface area contributed by atoms with Gasteiger partial charge < -0.3 is 15.4 Å². The zero-order chi connectivity index (χ0) is 18.9. The van der Waals surface area contributed by atoms with Crippen LogP contribution >= 0.6 is 0 Å². The molecule has 27 heavy (non-hydrogen) atoms. The predicted molar refractivity (Wildman–Crippen MR) is 106 cm³/mol. The Labute approximate surface area is 160 Å². The molecular formula is C21H28N4O2. The number of hydrogen-bond acceptors (Lipinski definition) is 5. The monoisotopic (exact) mass is 368 g/mol. The lowest BCUT2D eigenvalue weighted by Crippen LogP contribution is -2.35. The lowest BCUT2D eigenvalue weighted by molar-refractivity contribution is 0.0928. The molecule has 0 bridgehead atoms. The van der Waals surface area contributed by atoms with Gasteiger partial charge in [-0.25, -0.2) is 9.97 Å². The number of anilines is 1. The summed E-state index contributed by atoms with van der Waals surface area (Å²) in [6, 6.07) is 9.90. The minimum absolute atomic E-state index is 0.111. The first-order chi connectivity index (χ1) is 13.2. The Bertz CT molecular complexity index is 742. The minimum atomic E-state index is -0.111. The van der Waals surface area contributed by atoms with Crippen molar-refractivity contribution in [3.8, 4) is 5.75 Å². The van der Waals surface area contributed by atoms with E-state index in [0.717, 1.165) is 25.0 Å². The van der Waals surface area contributed by atoms with E-state index in [1.54, 1.807) is 19.4 Å². The summed E-state index contributed by atoms with van der Waals surface area (Å²) in [5.41, 5.74) is 1.59. The van der Waals surface area contributed by atoms with Gasteiger partial charge >= 0.3 is 0 Å². The van der Waals surface area contributed by atoms with Gasteiger partial charge in [-0.3, -0.25) is 4.79 Å². The van der Waals surface area contributed by atoms with E-state index >= 15 is 0 Å². The van der Waals surface area contributed by atoms with Crippen molar-refractivity contribution < 1.29 is 9.53 Å². The van der Waals surface area contributed by atoms with Crippen LogP contribution in [-0.4, -0.2) is 35.6 Å². The van der Waals surface area contributed by atoms with Crippen LogP contribution in [0.1, 0.15) is 54.6 Å². The van der Waals surface area contributed by atoms with Crippen molar-refractivity contribution >= 4 is 11.9 Å². The van der Waals surface area contributed by atoms with E-state index in [2.05, 4.69) is 26.7 Å². The van der Waals surface area contributed by atoms with E-state index in [1.807, 2.05) is 18.2 Å². The quantitative estimate of drug-likeness (QED) is 0.731. The highest BCUT2D eigenvalue weighted by Gasteiger charge is 2.17. The summed E-state index contributed by atoms with van der Waals surface area (Å²) < 4.78 is 5.24. The third-order valence-corrected chi connectivity index (χ3v) is 4.91. The summed E-state index contributed by atoms with van der Waals surface area (Å²) in [6.45, 7) is 0.681. The molecular weight excluding hydrogens is 340 g/mol. The van der Waals surface area contributed by atoms with E-state index in [-0.39, 0.29) is 11.9 Å². The summed E-state index contributed by atoms with van der Waals surface area (Å²) in [4.78, 5) is 21.1. The fourth-order valence-corrected chi connectivity index (χ4v) is 3.40. The van der Waals surface area contributed by atoms with Crippen molar-refractivity contribution in [3.05, 3.63) is 47.8 Å². The molecule has 1 aliphatic carbocycles. The molecule has 1 aliphatic rings. The van der Waals surface area contributed by atoms with E-state index < -0.39 is 0 Å². The Hall–Kier alpha value is -2.63. The van der Waals surface area contributed by atoms with Crippen LogP contribution in [0.5, 0.6) is 5.75 Å². The normalized spacial score (nSPS) is 15.0. The van der Waals surface area contributed by atoms with Crippen molar-refractivity contribution in [2.24, 2.45) is 0 Å². The Morgan fingerprint density at radius 3 is 2.78 bits per heavy atom. The second-order valence-corrected chi connectivity index (χ2v) is 6.96. The summed E-state index contributed by atoms with van der Waals surface area (Å²) in [5.74, 6) is 1.22. The third kappa shape index (κ3) is 5.94. The summed E-state index contributed by atoms with van der Waals surface area (Å²) in [5, 5.41) is 6.32. The molecule has 0 spiro atoms. The molecule has 2 N–H and O–H groups in total. The standard InChI is InChI=1S/C21H28N4O2/c1-27-18-10-6-7-16(15-18)11-13-22-21-23-14-12-19(25-21)20(26)24-17-8-4-2-3-5-9-17/h6-7,10,12,14-15,17H,2-5,8-9,11,13H2,1H3,(H,24,26)(H,22,23,25). The van der Waals surface area contributed by atoms with Gasteiger partial charge in [0.2, 0.25) is 5.95 Å². The van der Waals surface area contributed by atoms with Crippen molar-refractivity contribution in [1.82, 2.24) is 15.3 Å². The zero-order valence-electron chi connectivity index (χ0n) is 15.9. The number of rotatable bonds is 7. The Balaban J connectivity index is 1.52. The maximum atomic E-state index is 12.5. The molecule has 144 valence electrons. The molecule has 6 heteroatoms. The number of benzene rings is 1. The van der Waals surface area contributed by atoms with Gasteiger partial charge in [0.25, 0.3) is 5.91 Å². The number of ether oxygens (including phenoxy) is 1. The number of carbonyl (C=O) groups is 1. The Kier molecular flexibility index (Phi) is 7.02. The van der Waals surface area contributed by atoms with Gasteiger partial charge in [-0.05, 0) is 43.0 Å².